The van der Waals surface area contributed by atoms with Crippen LogP contribution >= 0.6 is 11.3 Å². The molecule has 1 aromatic heterocycles. The van der Waals surface area contributed by atoms with Crippen molar-refractivity contribution in [2.75, 3.05) is 14.1 Å². The van der Waals surface area contributed by atoms with Gasteiger partial charge < -0.3 is 17.3 Å². The third kappa shape index (κ3) is 3.21. The van der Waals surface area contributed by atoms with Crippen molar-refractivity contribution in [1.29, 1.82) is 0 Å². The second-order valence-electron chi connectivity index (χ2n) is 4.19. The van der Waals surface area contributed by atoms with Crippen molar-refractivity contribution in [1.82, 2.24) is 4.90 Å². The minimum absolute atomic E-state index is 0. The van der Waals surface area contributed by atoms with Crippen LogP contribution in [0.25, 0.3) is 16.3 Å². The Kier molecular flexibility index (Phi) is 4.85. The molecule has 0 atom stereocenters. The standard InChI is InChI=1S/C12H14N3O2S.ClH/c1-13(2)7-6-12-14(3)10-5-4-9(15(16)17)8-11(10)18-12;/h4-8H,1-3H3;1H/q+1;/p-1. The van der Waals surface area contributed by atoms with E-state index < -0.39 is 0 Å². The summed E-state index contributed by atoms with van der Waals surface area (Å²) in [6, 6.07) is 4.94. The molecule has 0 saturated heterocycles. The number of nitro groups is 1. The van der Waals surface area contributed by atoms with Crippen LogP contribution in [0, 0.1) is 10.1 Å². The molecule has 0 bridgehead atoms. The van der Waals surface area contributed by atoms with Crippen molar-refractivity contribution in [3.8, 4) is 0 Å². The molecule has 102 valence electrons. The summed E-state index contributed by atoms with van der Waals surface area (Å²) < 4.78 is 2.95. The smallest absolute Gasteiger partial charge is 0.271 e. The van der Waals surface area contributed by atoms with Crippen LogP contribution in [-0.2, 0) is 7.05 Å². The monoisotopic (exact) mass is 299 g/mol. The Morgan fingerprint density at radius 2 is 2.11 bits per heavy atom. The molecule has 19 heavy (non-hydrogen) atoms. The molecule has 2 rings (SSSR count). The van der Waals surface area contributed by atoms with Crippen LogP contribution in [0.3, 0.4) is 0 Å². The minimum Gasteiger partial charge on any atom is -1.00 e. The van der Waals surface area contributed by atoms with Gasteiger partial charge in [-0.05, 0) is 0 Å². The Labute approximate surface area is 121 Å². The van der Waals surface area contributed by atoms with E-state index in [9.17, 15) is 10.1 Å². The molecule has 0 spiro atoms. The van der Waals surface area contributed by atoms with Crippen molar-refractivity contribution < 1.29 is 21.9 Å². The van der Waals surface area contributed by atoms with E-state index in [1.54, 1.807) is 23.5 Å². The van der Waals surface area contributed by atoms with E-state index in [0.717, 1.165) is 15.2 Å². The summed E-state index contributed by atoms with van der Waals surface area (Å²) in [5.74, 6) is 0. The molecular weight excluding hydrogens is 286 g/mol. The molecule has 0 N–H and O–H groups in total. The molecule has 0 radical (unpaired) electrons. The van der Waals surface area contributed by atoms with Crippen molar-refractivity contribution >= 4 is 33.3 Å². The van der Waals surface area contributed by atoms with E-state index in [4.69, 9.17) is 0 Å². The highest BCUT2D eigenvalue weighted by Crippen LogP contribution is 2.25. The maximum Gasteiger partial charge on any atom is 0.271 e. The number of rotatable bonds is 3. The van der Waals surface area contributed by atoms with E-state index in [0.29, 0.717) is 0 Å². The van der Waals surface area contributed by atoms with E-state index in [2.05, 4.69) is 0 Å². The Morgan fingerprint density at radius 3 is 2.68 bits per heavy atom. The van der Waals surface area contributed by atoms with Crippen LogP contribution in [0.1, 0.15) is 5.01 Å². The van der Waals surface area contributed by atoms with Gasteiger partial charge in [-0.1, -0.05) is 11.3 Å². The number of hydrogen-bond donors (Lipinski definition) is 0. The first-order valence-electron chi connectivity index (χ1n) is 5.40. The number of aromatic nitrogens is 1. The molecule has 1 aromatic carbocycles. The van der Waals surface area contributed by atoms with Gasteiger partial charge in [0.25, 0.3) is 10.7 Å². The van der Waals surface area contributed by atoms with Crippen LogP contribution in [0.2, 0.25) is 0 Å². The summed E-state index contributed by atoms with van der Waals surface area (Å²) in [5.41, 5.74) is 1.14. The van der Waals surface area contributed by atoms with Gasteiger partial charge in [0.15, 0.2) is 0 Å². The Bertz CT molecular complexity index is 637. The van der Waals surface area contributed by atoms with Crippen molar-refractivity contribution in [2.45, 2.75) is 0 Å². The fourth-order valence-corrected chi connectivity index (χ4v) is 2.71. The van der Waals surface area contributed by atoms with Gasteiger partial charge in [-0.3, -0.25) is 10.1 Å². The molecule has 0 saturated carbocycles. The average Bonchev–Trinajstić information content (AvgIpc) is 2.63. The zero-order chi connectivity index (χ0) is 13.3. The molecule has 0 aliphatic heterocycles. The van der Waals surface area contributed by atoms with Crippen molar-refractivity contribution in [2.24, 2.45) is 7.05 Å². The number of benzene rings is 1. The summed E-state index contributed by atoms with van der Waals surface area (Å²) in [5, 5.41) is 11.8. The average molecular weight is 300 g/mol. The van der Waals surface area contributed by atoms with Crippen LogP contribution in [0.4, 0.5) is 5.69 Å². The maximum atomic E-state index is 10.7. The van der Waals surface area contributed by atoms with E-state index in [-0.39, 0.29) is 23.0 Å². The van der Waals surface area contributed by atoms with Gasteiger partial charge in [0.2, 0.25) is 5.52 Å². The van der Waals surface area contributed by atoms with Crippen LogP contribution in [0.15, 0.2) is 24.4 Å². The largest absolute Gasteiger partial charge is 1.00 e. The van der Waals surface area contributed by atoms with Gasteiger partial charge in [-0.2, -0.15) is 4.57 Å². The Balaban J connectivity index is 0.00000180. The number of thiazole rings is 1. The van der Waals surface area contributed by atoms with Crippen LogP contribution < -0.4 is 17.0 Å². The van der Waals surface area contributed by atoms with Gasteiger partial charge in [0.05, 0.1) is 4.92 Å². The van der Waals surface area contributed by atoms with E-state index >= 15 is 0 Å². The summed E-state index contributed by atoms with van der Waals surface area (Å²) in [7, 11) is 5.86. The number of nitrogens with zero attached hydrogens (tertiary/aromatic N) is 3. The predicted octanol–water partition coefficient (Wildman–Crippen LogP) is -0.830. The lowest BCUT2D eigenvalue weighted by atomic mass is 10.3. The van der Waals surface area contributed by atoms with Gasteiger partial charge in [-0.25, -0.2) is 0 Å². The van der Waals surface area contributed by atoms with E-state index in [1.165, 1.54) is 6.07 Å². The summed E-state index contributed by atoms with van der Waals surface area (Å²) in [4.78, 5) is 12.3. The third-order valence-corrected chi connectivity index (χ3v) is 3.74. The molecule has 0 aliphatic rings. The molecule has 7 heteroatoms. The molecule has 0 unspecified atom stereocenters. The first kappa shape index (κ1) is 15.4. The summed E-state index contributed by atoms with van der Waals surface area (Å²) in [6.45, 7) is 0. The van der Waals surface area contributed by atoms with Gasteiger partial charge >= 0.3 is 0 Å². The van der Waals surface area contributed by atoms with Crippen molar-refractivity contribution in [3.05, 3.63) is 39.5 Å². The number of non-ortho nitro benzene ring substituents is 1. The number of halogens is 1. The Morgan fingerprint density at radius 1 is 1.42 bits per heavy atom. The van der Waals surface area contributed by atoms with Crippen molar-refractivity contribution in [3.63, 3.8) is 0 Å². The molecule has 2 aromatic rings. The summed E-state index contributed by atoms with van der Waals surface area (Å²) in [6.07, 6.45) is 3.95. The first-order valence-corrected chi connectivity index (χ1v) is 6.22. The number of aryl methyl sites for hydroxylation is 1. The lowest BCUT2D eigenvalue weighted by molar-refractivity contribution is -0.642. The minimum atomic E-state index is -0.367. The normalized spacial score (nSPS) is 10.7. The van der Waals surface area contributed by atoms with Crippen LogP contribution in [0.5, 0.6) is 0 Å². The van der Waals surface area contributed by atoms with E-state index in [1.807, 2.05) is 42.9 Å². The molecule has 5 nitrogen and oxygen atoms in total. The number of hydrogen-bond acceptors (Lipinski definition) is 4. The third-order valence-electron chi connectivity index (χ3n) is 2.58. The lowest BCUT2D eigenvalue weighted by Gasteiger charge is -2.00. The fraction of sp³-hybridized carbons (Fsp3) is 0.250. The highest BCUT2D eigenvalue weighted by Gasteiger charge is 2.17. The predicted molar refractivity (Wildman–Crippen MR) is 72.4 cm³/mol. The lowest BCUT2D eigenvalue weighted by Crippen LogP contribution is -3.00. The molecule has 0 aliphatic carbocycles. The molecule has 0 amide bonds. The maximum absolute atomic E-state index is 10.7. The number of nitro benzene ring substituents is 1. The quantitative estimate of drug-likeness (QED) is 0.422. The second kappa shape index (κ2) is 5.99. The van der Waals surface area contributed by atoms with Gasteiger partial charge in [0.1, 0.15) is 11.7 Å². The molecule has 1 heterocycles. The Hall–Kier alpha value is -1.66. The van der Waals surface area contributed by atoms with Gasteiger partial charge in [0, 0.05) is 44.6 Å². The first-order chi connectivity index (χ1) is 8.49. The highest BCUT2D eigenvalue weighted by molar-refractivity contribution is 7.18. The topological polar surface area (TPSA) is 50.3 Å². The zero-order valence-corrected chi connectivity index (χ0v) is 12.4. The molecule has 0 fully saturated rings. The van der Waals surface area contributed by atoms with Gasteiger partial charge in [-0.15, -0.1) is 0 Å². The fourth-order valence-electron chi connectivity index (χ4n) is 1.63. The highest BCUT2D eigenvalue weighted by atomic mass is 35.5. The van der Waals surface area contributed by atoms with Crippen LogP contribution in [-0.4, -0.2) is 23.9 Å². The second-order valence-corrected chi connectivity index (χ2v) is 5.25. The zero-order valence-electron chi connectivity index (χ0n) is 10.8. The summed E-state index contributed by atoms with van der Waals surface area (Å²) >= 11 is 1.54. The SMILES string of the molecule is CN(C)C=Cc1sc2cc([N+](=O)[O-])ccc2[n+]1C.[Cl-]. The molecular formula is C12H14ClN3O2S. The number of fused-ring (bicyclic) bond motifs is 1.